The zero-order valence-corrected chi connectivity index (χ0v) is 19.6. The van der Waals surface area contributed by atoms with Crippen LogP contribution in [0, 0.1) is 0 Å². The summed E-state index contributed by atoms with van der Waals surface area (Å²) in [4.78, 5) is 18.5. The van der Waals surface area contributed by atoms with Crippen molar-refractivity contribution in [2.24, 2.45) is 0 Å². The van der Waals surface area contributed by atoms with Crippen molar-refractivity contribution >= 4 is 51.8 Å². The molecular weight excluding hydrogens is 477 g/mol. The van der Waals surface area contributed by atoms with Gasteiger partial charge in [0.2, 0.25) is 10.6 Å². The number of nitrogens with one attached hydrogen (secondary N) is 1. The summed E-state index contributed by atoms with van der Waals surface area (Å²) in [6.45, 7) is 0. The van der Waals surface area contributed by atoms with E-state index in [1.807, 2.05) is 30.5 Å². The summed E-state index contributed by atoms with van der Waals surface area (Å²) in [5.41, 5.74) is 5.81. The molecule has 3 aromatic heterocycles. The number of fused-ring (bicyclic) bond motifs is 2. The number of aromatic nitrogens is 5. The highest BCUT2D eigenvalue weighted by Crippen LogP contribution is 2.27. The number of hydrogen-bond acceptors (Lipinski definition) is 4. The summed E-state index contributed by atoms with van der Waals surface area (Å²) in [5.74, 6) is 0. The van der Waals surface area contributed by atoms with E-state index in [1.165, 1.54) is 17.3 Å². The van der Waals surface area contributed by atoms with Gasteiger partial charge in [-0.15, -0.1) is 0 Å². The maximum Gasteiger partial charge on any atom is 0.223 e. The van der Waals surface area contributed by atoms with E-state index in [-0.39, 0.29) is 10.6 Å². The molecule has 0 saturated carbocycles. The van der Waals surface area contributed by atoms with Crippen LogP contribution in [-0.2, 0) is 6.42 Å². The van der Waals surface area contributed by atoms with Gasteiger partial charge in [0, 0.05) is 35.1 Å². The van der Waals surface area contributed by atoms with Crippen LogP contribution in [0.4, 0.5) is 0 Å². The molecule has 164 valence electrons. The normalized spacial score (nSPS) is 11.2. The number of H-pyrrole nitrogens is 1. The highest BCUT2D eigenvalue weighted by molar-refractivity contribution is 6.31. The Bertz CT molecular complexity index is 1380. The van der Waals surface area contributed by atoms with Gasteiger partial charge in [0.05, 0.1) is 5.69 Å². The molecule has 0 spiro atoms. The maximum absolute atomic E-state index is 5.78. The van der Waals surface area contributed by atoms with E-state index in [0.29, 0.717) is 5.15 Å². The molecule has 0 amide bonds. The SMILES string of the molecule is C1=Cc2ccccc2C1.Clc1ccnc(Cl)n1.Clc1nccc(-c2c[nH]c3ccccc23)n1. The van der Waals surface area contributed by atoms with Crippen molar-refractivity contribution in [3.63, 3.8) is 0 Å². The lowest BCUT2D eigenvalue weighted by Gasteiger charge is -1.98. The Morgan fingerprint density at radius 3 is 2.21 bits per heavy atom. The van der Waals surface area contributed by atoms with E-state index in [2.05, 4.69) is 67.4 Å². The highest BCUT2D eigenvalue weighted by atomic mass is 35.5. The molecule has 0 saturated heterocycles. The van der Waals surface area contributed by atoms with Gasteiger partial charge in [-0.25, -0.2) is 19.9 Å². The van der Waals surface area contributed by atoms with Crippen LogP contribution in [0.15, 0.2) is 85.3 Å². The van der Waals surface area contributed by atoms with Crippen LogP contribution in [0.25, 0.3) is 28.2 Å². The van der Waals surface area contributed by atoms with Crippen LogP contribution in [0.5, 0.6) is 0 Å². The highest BCUT2D eigenvalue weighted by Gasteiger charge is 2.07. The second kappa shape index (κ2) is 11.1. The molecule has 1 aliphatic carbocycles. The molecule has 5 nitrogen and oxygen atoms in total. The first-order valence-electron chi connectivity index (χ1n) is 10.0. The van der Waals surface area contributed by atoms with Crippen LogP contribution in [-0.4, -0.2) is 24.9 Å². The Kier molecular flexibility index (Phi) is 7.68. The van der Waals surface area contributed by atoms with Crippen molar-refractivity contribution in [2.45, 2.75) is 6.42 Å². The van der Waals surface area contributed by atoms with Crippen LogP contribution >= 0.6 is 34.8 Å². The van der Waals surface area contributed by atoms with E-state index in [4.69, 9.17) is 34.8 Å². The van der Waals surface area contributed by atoms with Gasteiger partial charge in [-0.2, -0.15) is 0 Å². The van der Waals surface area contributed by atoms with Crippen LogP contribution in [0.3, 0.4) is 0 Å². The van der Waals surface area contributed by atoms with Crippen molar-refractivity contribution < 1.29 is 0 Å². The molecule has 0 fully saturated rings. The Morgan fingerprint density at radius 1 is 0.758 bits per heavy atom. The Labute approximate surface area is 206 Å². The van der Waals surface area contributed by atoms with Gasteiger partial charge in [-0.1, -0.05) is 66.2 Å². The van der Waals surface area contributed by atoms with Gasteiger partial charge in [0.1, 0.15) is 5.15 Å². The summed E-state index contributed by atoms with van der Waals surface area (Å²) in [7, 11) is 0. The smallest absolute Gasteiger partial charge is 0.223 e. The van der Waals surface area contributed by atoms with E-state index < -0.39 is 0 Å². The predicted octanol–water partition coefficient (Wildman–Crippen LogP) is 7.32. The zero-order chi connectivity index (χ0) is 23.0. The van der Waals surface area contributed by atoms with Gasteiger partial charge < -0.3 is 4.98 Å². The minimum absolute atomic E-state index is 0.178. The molecule has 0 unspecified atom stereocenters. The molecule has 3 heterocycles. The monoisotopic (exact) mass is 493 g/mol. The van der Waals surface area contributed by atoms with Crippen LogP contribution < -0.4 is 0 Å². The van der Waals surface area contributed by atoms with E-state index >= 15 is 0 Å². The summed E-state index contributed by atoms with van der Waals surface area (Å²) in [5, 5.41) is 1.95. The average molecular weight is 495 g/mol. The van der Waals surface area contributed by atoms with E-state index in [1.54, 1.807) is 12.3 Å². The molecule has 33 heavy (non-hydrogen) atoms. The topological polar surface area (TPSA) is 67.3 Å². The number of allylic oxidation sites excluding steroid dienone is 1. The largest absolute Gasteiger partial charge is 0.360 e. The molecule has 8 heteroatoms. The Hall–Kier alpha value is -3.25. The van der Waals surface area contributed by atoms with E-state index in [0.717, 1.165) is 28.6 Å². The minimum atomic E-state index is 0.178. The molecular formula is C25H18Cl3N5. The molecule has 2 aromatic carbocycles. The number of rotatable bonds is 1. The lowest BCUT2D eigenvalue weighted by atomic mass is 10.1. The fourth-order valence-corrected chi connectivity index (χ4v) is 3.75. The first-order chi connectivity index (χ1) is 16.1. The Morgan fingerprint density at radius 2 is 1.48 bits per heavy atom. The molecule has 0 aliphatic heterocycles. The standard InChI is InChI=1S/C12H8ClN3.C9H8.C4H2Cl2N2/c13-12-14-6-5-11(16-12)9-7-15-10-4-2-1-3-8(9)10;1-2-5-9-7-3-6-8(9)4-1;5-3-1-2-7-4(6)8-3/h1-7,15H;1-6H,7H2;1-2H. The second-order valence-corrected chi connectivity index (χ2v) is 7.98. The van der Waals surface area contributed by atoms with Crippen molar-refractivity contribution in [1.82, 2.24) is 24.9 Å². The van der Waals surface area contributed by atoms with Gasteiger partial charge in [-0.3, -0.25) is 0 Å². The number of hydrogen-bond donors (Lipinski definition) is 1. The number of halogens is 3. The molecule has 5 aromatic rings. The third kappa shape index (κ3) is 6.17. The summed E-state index contributed by atoms with van der Waals surface area (Å²) in [6.07, 6.45) is 10.6. The first-order valence-corrected chi connectivity index (χ1v) is 11.2. The summed E-state index contributed by atoms with van der Waals surface area (Å²) < 4.78 is 0. The number of para-hydroxylation sites is 1. The molecule has 0 bridgehead atoms. The first kappa shape index (κ1) is 22.9. The molecule has 1 aliphatic rings. The Balaban J connectivity index is 0.000000129. The third-order valence-electron chi connectivity index (χ3n) is 4.77. The third-order valence-corrected chi connectivity index (χ3v) is 5.35. The fourth-order valence-electron chi connectivity index (χ4n) is 3.28. The molecule has 1 N–H and O–H groups in total. The van der Waals surface area contributed by atoms with Crippen LogP contribution in [0.2, 0.25) is 15.7 Å². The van der Waals surface area contributed by atoms with Crippen LogP contribution in [0.1, 0.15) is 11.1 Å². The number of aromatic amines is 1. The van der Waals surface area contributed by atoms with Crippen molar-refractivity contribution in [3.8, 4) is 11.3 Å². The quantitative estimate of drug-likeness (QED) is 0.196. The fraction of sp³-hybridized carbons (Fsp3) is 0.0400. The number of nitrogens with zero attached hydrogens (tertiary/aromatic N) is 4. The molecule has 0 radical (unpaired) electrons. The van der Waals surface area contributed by atoms with E-state index in [9.17, 15) is 0 Å². The lowest BCUT2D eigenvalue weighted by molar-refractivity contribution is 1.17. The maximum atomic E-state index is 5.78. The van der Waals surface area contributed by atoms with Gasteiger partial charge in [0.15, 0.2) is 0 Å². The van der Waals surface area contributed by atoms with Crippen molar-refractivity contribution in [3.05, 3.63) is 112 Å². The zero-order valence-electron chi connectivity index (χ0n) is 17.3. The molecule has 6 rings (SSSR count). The molecule has 0 atom stereocenters. The van der Waals surface area contributed by atoms with Gasteiger partial charge in [-0.05, 0) is 58.9 Å². The second-order valence-electron chi connectivity index (χ2n) is 6.91. The van der Waals surface area contributed by atoms with Crippen molar-refractivity contribution in [2.75, 3.05) is 0 Å². The predicted molar refractivity (Wildman–Crippen MR) is 136 cm³/mol. The minimum Gasteiger partial charge on any atom is -0.360 e. The lowest BCUT2D eigenvalue weighted by Crippen LogP contribution is -1.84. The number of benzene rings is 2. The summed E-state index contributed by atoms with van der Waals surface area (Å²) >= 11 is 16.5. The summed E-state index contributed by atoms with van der Waals surface area (Å²) in [6, 6.07) is 20.0. The average Bonchev–Trinajstić information content (AvgIpc) is 3.47. The van der Waals surface area contributed by atoms with Gasteiger partial charge in [0.25, 0.3) is 0 Å². The van der Waals surface area contributed by atoms with Gasteiger partial charge >= 0.3 is 0 Å². The van der Waals surface area contributed by atoms with Crippen molar-refractivity contribution in [1.29, 1.82) is 0 Å².